The molecule has 1 aromatic heterocycles. The van der Waals surface area contributed by atoms with Crippen LogP contribution in [0.2, 0.25) is 5.02 Å². The number of aromatic nitrogens is 2. The number of nitrogens with one attached hydrogen (secondary N) is 1. The van der Waals surface area contributed by atoms with Gasteiger partial charge in [-0.25, -0.2) is 4.79 Å². The molecule has 0 fully saturated rings. The smallest absolute Gasteiger partial charge is 0.328 e. The second-order valence-electron chi connectivity index (χ2n) is 3.39. The lowest BCUT2D eigenvalue weighted by atomic mass is 10.5. The zero-order valence-electron chi connectivity index (χ0n) is 9.57. The predicted octanol–water partition coefficient (Wildman–Crippen LogP) is 0.243. The number of ether oxygens (including phenoxy) is 2. The normalized spacial score (nSPS) is 10.7. The van der Waals surface area contributed by atoms with Crippen molar-refractivity contribution in [2.45, 2.75) is 13.0 Å². The van der Waals surface area contributed by atoms with Crippen LogP contribution in [0.5, 0.6) is 0 Å². The first-order valence-electron chi connectivity index (χ1n) is 5.21. The Morgan fingerprint density at radius 3 is 2.82 bits per heavy atom. The molecule has 0 unspecified atom stereocenters. The van der Waals surface area contributed by atoms with Crippen LogP contribution in [0.4, 0.5) is 0 Å². The zero-order valence-corrected chi connectivity index (χ0v) is 10.3. The van der Waals surface area contributed by atoms with Crippen molar-refractivity contribution in [3.63, 3.8) is 0 Å². The van der Waals surface area contributed by atoms with Crippen molar-refractivity contribution in [3.05, 3.63) is 32.1 Å². The zero-order chi connectivity index (χ0) is 12.7. The predicted molar refractivity (Wildman–Crippen MR) is 63.6 cm³/mol. The Bertz CT molecular complexity index is 454. The molecule has 0 aliphatic carbocycles. The molecular formula is C10H15ClN2O4. The van der Waals surface area contributed by atoms with Crippen molar-refractivity contribution >= 4 is 11.6 Å². The molecule has 0 saturated heterocycles. The van der Waals surface area contributed by atoms with Crippen molar-refractivity contribution < 1.29 is 9.47 Å². The lowest BCUT2D eigenvalue weighted by molar-refractivity contribution is 0.0970. The molecule has 7 heteroatoms. The van der Waals surface area contributed by atoms with E-state index < -0.39 is 11.2 Å². The van der Waals surface area contributed by atoms with E-state index >= 15 is 0 Å². The second-order valence-corrected chi connectivity index (χ2v) is 3.80. The standard InChI is InChI=1S/C10H15ClN2O4/c1-16-4-2-5-17-6-3-13-7-8(11)9(14)12-10(13)15/h7H,2-6H2,1H3,(H,12,14,15). The Hall–Kier alpha value is -1.11. The Kier molecular flexibility index (Phi) is 5.96. The van der Waals surface area contributed by atoms with Crippen LogP contribution in [-0.2, 0) is 16.0 Å². The molecule has 0 amide bonds. The van der Waals surface area contributed by atoms with Gasteiger partial charge in [-0.15, -0.1) is 0 Å². The quantitative estimate of drug-likeness (QED) is 0.715. The summed E-state index contributed by atoms with van der Waals surface area (Å²) in [5.41, 5.74) is -1.06. The van der Waals surface area contributed by atoms with Gasteiger partial charge in [-0.1, -0.05) is 11.6 Å². The first kappa shape index (κ1) is 14.0. The van der Waals surface area contributed by atoms with Gasteiger partial charge in [-0.3, -0.25) is 14.3 Å². The summed E-state index contributed by atoms with van der Waals surface area (Å²) in [4.78, 5) is 24.4. The topological polar surface area (TPSA) is 73.3 Å². The highest BCUT2D eigenvalue weighted by molar-refractivity contribution is 6.30. The molecule has 0 spiro atoms. The lowest BCUT2D eigenvalue weighted by Gasteiger charge is -2.06. The number of H-pyrrole nitrogens is 1. The molecule has 17 heavy (non-hydrogen) atoms. The number of aromatic amines is 1. The van der Waals surface area contributed by atoms with Crippen LogP contribution < -0.4 is 11.2 Å². The van der Waals surface area contributed by atoms with Gasteiger partial charge in [-0.2, -0.15) is 0 Å². The van der Waals surface area contributed by atoms with Gasteiger partial charge in [0.1, 0.15) is 5.02 Å². The fourth-order valence-electron chi connectivity index (χ4n) is 1.22. The summed E-state index contributed by atoms with van der Waals surface area (Å²) in [6, 6.07) is 0. The van der Waals surface area contributed by atoms with E-state index in [0.717, 1.165) is 6.42 Å². The fourth-order valence-corrected chi connectivity index (χ4v) is 1.38. The van der Waals surface area contributed by atoms with E-state index in [1.807, 2.05) is 0 Å². The molecular weight excluding hydrogens is 248 g/mol. The lowest BCUT2D eigenvalue weighted by Crippen LogP contribution is -2.30. The molecule has 96 valence electrons. The monoisotopic (exact) mass is 262 g/mol. The Morgan fingerprint density at radius 2 is 2.12 bits per heavy atom. The van der Waals surface area contributed by atoms with Gasteiger partial charge in [0, 0.05) is 26.5 Å². The first-order valence-corrected chi connectivity index (χ1v) is 5.59. The van der Waals surface area contributed by atoms with Crippen molar-refractivity contribution in [1.29, 1.82) is 0 Å². The highest BCUT2D eigenvalue weighted by atomic mass is 35.5. The number of halogens is 1. The maximum atomic E-state index is 11.3. The SMILES string of the molecule is COCCCOCCn1cc(Cl)c(=O)[nH]c1=O. The summed E-state index contributed by atoms with van der Waals surface area (Å²) < 4.78 is 11.5. The van der Waals surface area contributed by atoms with Crippen LogP contribution in [0, 0.1) is 0 Å². The van der Waals surface area contributed by atoms with E-state index in [1.54, 1.807) is 7.11 Å². The molecule has 0 saturated carbocycles. The van der Waals surface area contributed by atoms with Gasteiger partial charge >= 0.3 is 5.69 Å². The van der Waals surface area contributed by atoms with Gasteiger partial charge in [0.15, 0.2) is 0 Å². The van der Waals surface area contributed by atoms with Gasteiger partial charge < -0.3 is 9.47 Å². The number of hydrogen-bond donors (Lipinski definition) is 1. The second kappa shape index (κ2) is 7.26. The number of methoxy groups -OCH3 is 1. The molecule has 0 aliphatic heterocycles. The number of nitrogens with zero attached hydrogens (tertiary/aromatic N) is 1. The summed E-state index contributed by atoms with van der Waals surface area (Å²) in [5, 5.41) is -0.0102. The van der Waals surface area contributed by atoms with E-state index in [4.69, 9.17) is 21.1 Å². The molecule has 0 aliphatic rings. The van der Waals surface area contributed by atoms with Crippen LogP contribution in [-0.4, -0.2) is 36.5 Å². The van der Waals surface area contributed by atoms with Crippen molar-refractivity contribution in [1.82, 2.24) is 9.55 Å². The third kappa shape index (κ3) is 4.72. The molecule has 0 radical (unpaired) electrons. The van der Waals surface area contributed by atoms with Gasteiger partial charge in [-0.05, 0) is 6.42 Å². The van der Waals surface area contributed by atoms with E-state index in [-0.39, 0.29) is 5.02 Å². The summed E-state index contributed by atoms with van der Waals surface area (Å²) >= 11 is 5.61. The van der Waals surface area contributed by atoms with Crippen LogP contribution in [0.1, 0.15) is 6.42 Å². The van der Waals surface area contributed by atoms with E-state index in [9.17, 15) is 9.59 Å². The van der Waals surface area contributed by atoms with Gasteiger partial charge in [0.25, 0.3) is 5.56 Å². The largest absolute Gasteiger partial charge is 0.385 e. The van der Waals surface area contributed by atoms with E-state index in [1.165, 1.54) is 10.8 Å². The van der Waals surface area contributed by atoms with Crippen LogP contribution >= 0.6 is 11.6 Å². The summed E-state index contributed by atoms with van der Waals surface area (Å²) in [7, 11) is 1.63. The van der Waals surface area contributed by atoms with E-state index in [2.05, 4.69) is 4.98 Å². The Morgan fingerprint density at radius 1 is 1.35 bits per heavy atom. The summed E-state index contributed by atoms with van der Waals surface area (Å²) in [5.74, 6) is 0. The molecule has 1 rings (SSSR count). The first-order chi connectivity index (χ1) is 8.15. The Labute approximate surface area is 103 Å². The van der Waals surface area contributed by atoms with E-state index in [0.29, 0.717) is 26.4 Å². The summed E-state index contributed by atoms with van der Waals surface area (Å²) in [6.45, 7) is 1.94. The van der Waals surface area contributed by atoms with Gasteiger partial charge in [0.05, 0.1) is 13.2 Å². The third-order valence-electron chi connectivity index (χ3n) is 2.08. The third-order valence-corrected chi connectivity index (χ3v) is 2.35. The average molecular weight is 263 g/mol. The summed E-state index contributed by atoms with van der Waals surface area (Å²) in [6.07, 6.45) is 2.11. The molecule has 0 aromatic carbocycles. The van der Waals surface area contributed by atoms with Crippen molar-refractivity contribution in [2.75, 3.05) is 26.9 Å². The minimum Gasteiger partial charge on any atom is -0.385 e. The van der Waals surface area contributed by atoms with Crippen LogP contribution in [0.25, 0.3) is 0 Å². The molecule has 1 aromatic rings. The highest BCUT2D eigenvalue weighted by Gasteiger charge is 2.01. The molecule has 0 bridgehead atoms. The molecule has 1 N–H and O–H groups in total. The maximum Gasteiger partial charge on any atom is 0.328 e. The maximum absolute atomic E-state index is 11.3. The van der Waals surface area contributed by atoms with Crippen molar-refractivity contribution in [3.8, 4) is 0 Å². The minimum atomic E-state index is -0.575. The fraction of sp³-hybridized carbons (Fsp3) is 0.600. The average Bonchev–Trinajstić information content (AvgIpc) is 2.30. The van der Waals surface area contributed by atoms with Crippen molar-refractivity contribution in [2.24, 2.45) is 0 Å². The van der Waals surface area contributed by atoms with Gasteiger partial charge in [0.2, 0.25) is 0 Å². The number of hydrogen-bond acceptors (Lipinski definition) is 4. The minimum absolute atomic E-state index is 0.0102. The Balaban J connectivity index is 2.39. The number of rotatable bonds is 7. The highest BCUT2D eigenvalue weighted by Crippen LogP contribution is 1.95. The molecule has 0 atom stereocenters. The van der Waals surface area contributed by atoms with Crippen LogP contribution in [0.3, 0.4) is 0 Å². The molecule has 6 nitrogen and oxygen atoms in total. The molecule has 1 heterocycles. The van der Waals surface area contributed by atoms with Crippen LogP contribution in [0.15, 0.2) is 15.8 Å².